The maximum absolute atomic E-state index is 12.1. The van der Waals surface area contributed by atoms with Crippen molar-refractivity contribution in [3.05, 3.63) is 0 Å². The zero-order valence-electron chi connectivity index (χ0n) is 11.9. The third-order valence-electron chi connectivity index (χ3n) is 3.31. The maximum Gasteiger partial charge on any atom is 0.239 e. The van der Waals surface area contributed by atoms with Crippen molar-refractivity contribution < 1.29 is 13.2 Å². The Morgan fingerprint density at radius 3 is 2.21 bits per heavy atom. The van der Waals surface area contributed by atoms with Crippen molar-refractivity contribution >= 4 is 28.3 Å². The van der Waals surface area contributed by atoms with Gasteiger partial charge in [0.25, 0.3) is 0 Å². The minimum absolute atomic E-state index is 0. The van der Waals surface area contributed by atoms with E-state index in [1.165, 1.54) is 10.6 Å². The molecule has 6 nitrogen and oxygen atoms in total. The van der Waals surface area contributed by atoms with Crippen molar-refractivity contribution in [1.82, 2.24) is 9.21 Å². The van der Waals surface area contributed by atoms with Gasteiger partial charge in [-0.3, -0.25) is 4.79 Å². The predicted molar refractivity (Wildman–Crippen MR) is 77.7 cm³/mol. The monoisotopic (exact) mass is 313 g/mol. The molecule has 0 bridgehead atoms. The van der Waals surface area contributed by atoms with Gasteiger partial charge in [0, 0.05) is 25.7 Å². The lowest BCUT2D eigenvalue weighted by Gasteiger charge is -2.39. The zero-order valence-corrected chi connectivity index (χ0v) is 13.5. The first kappa shape index (κ1) is 18.6. The Hall–Kier alpha value is -0.370. The summed E-state index contributed by atoms with van der Waals surface area (Å²) in [6.45, 7) is 6.78. The van der Waals surface area contributed by atoms with Crippen molar-refractivity contribution in [3.8, 4) is 0 Å². The summed E-state index contributed by atoms with van der Waals surface area (Å²) in [6.07, 6.45) is 1.20. The number of nitrogens with zero attached hydrogens (tertiary/aromatic N) is 2. The lowest BCUT2D eigenvalue weighted by molar-refractivity contribution is -0.135. The second-order valence-corrected chi connectivity index (χ2v) is 7.21. The molecule has 1 heterocycles. The lowest BCUT2D eigenvalue weighted by Crippen LogP contribution is -2.58. The molecule has 2 N–H and O–H groups in total. The summed E-state index contributed by atoms with van der Waals surface area (Å²) in [4.78, 5) is 13.7. The molecule has 1 rings (SSSR count). The third-order valence-corrected chi connectivity index (χ3v) is 4.70. The Morgan fingerprint density at radius 2 is 1.84 bits per heavy atom. The van der Waals surface area contributed by atoms with Crippen molar-refractivity contribution in [1.29, 1.82) is 0 Å². The van der Waals surface area contributed by atoms with E-state index in [1.807, 2.05) is 13.8 Å². The molecule has 1 aliphatic rings. The highest BCUT2D eigenvalue weighted by Gasteiger charge is 2.33. The number of amides is 1. The Labute approximate surface area is 121 Å². The molecule has 114 valence electrons. The van der Waals surface area contributed by atoms with Crippen molar-refractivity contribution in [2.24, 2.45) is 11.7 Å². The molecule has 1 saturated heterocycles. The van der Waals surface area contributed by atoms with Gasteiger partial charge in [0.1, 0.15) is 0 Å². The van der Waals surface area contributed by atoms with Gasteiger partial charge < -0.3 is 10.6 Å². The molecule has 0 radical (unpaired) electrons. The quantitative estimate of drug-likeness (QED) is 0.787. The summed E-state index contributed by atoms with van der Waals surface area (Å²) in [6, 6.07) is -0.709. The molecule has 19 heavy (non-hydrogen) atoms. The number of hydrogen-bond acceptors (Lipinski definition) is 4. The van der Waals surface area contributed by atoms with Gasteiger partial charge in [-0.2, -0.15) is 4.31 Å². The fraction of sp³-hybridized carbons (Fsp3) is 0.909. The van der Waals surface area contributed by atoms with Crippen LogP contribution >= 0.6 is 12.4 Å². The summed E-state index contributed by atoms with van der Waals surface area (Å²) in [7, 11) is -3.20. The summed E-state index contributed by atoms with van der Waals surface area (Å²) in [5, 5.41) is 0. The van der Waals surface area contributed by atoms with Crippen LogP contribution in [0.5, 0.6) is 0 Å². The molecule has 8 heteroatoms. The molecule has 0 aromatic carbocycles. The highest BCUT2D eigenvalue weighted by molar-refractivity contribution is 7.88. The van der Waals surface area contributed by atoms with Crippen LogP contribution in [0.3, 0.4) is 0 Å². The number of piperazine rings is 1. The van der Waals surface area contributed by atoms with Gasteiger partial charge in [0.15, 0.2) is 0 Å². The standard InChI is InChI=1S/C11H23N3O3S.ClH/c1-8(2)10(12)11(15)13-5-6-14(9(3)7-13)18(4,16)17;/h8-10H,5-7,12H2,1-4H3;1H/t9-,10-;/m0./s1. The summed E-state index contributed by atoms with van der Waals surface area (Å²) in [5.41, 5.74) is 5.83. The fourth-order valence-electron chi connectivity index (χ4n) is 2.13. The third kappa shape index (κ3) is 4.59. The minimum Gasteiger partial charge on any atom is -0.338 e. The number of rotatable bonds is 3. The highest BCUT2D eigenvalue weighted by atomic mass is 35.5. The van der Waals surface area contributed by atoms with Gasteiger partial charge in [-0.15, -0.1) is 12.4 Å². The molecular formula is C11H24ClN3O3S. The molecule has 0 aromatic rings. The van der Waals surface area contributed by atoms with Gasteiger partial charge in [-0.05, 0) is 12.8 Å². The number of carbonyl (C=O) groups is 1. The number of nitrogens with two attached hydrogens (primary N) is 1. The van der Waals surface area contributed by atoms with Gasteiger partial charge >= 0.3 is 0 Å². The summed E-state index contributed by atoms with van der Waals surface area (Å²) in [5.74, 6) is -0.00857. The SMILES string of the molecule is CC(C)[C@H](N)C(=O)N1CCN(S(C)(=O)=O)[C@@H](C)C1.Cl. The van der Waals surface area contributed by atoms with E-state index >= 15 is 0 Å². The first-order valence-electron chi connectivity index (χ1n) is 6.15. The van der Waals surface area contributed by atoms with E-state index in [4.69, 9.17) is 5.73 Å². The average Bonchev–Trinajstić information content (AvgIpc) is 2.24. The van der Waals surface area contributed by atoms with Crippen molar-refractivity contribution in [2.75, 3.05) is 25.9 Å². The molecule has 0 unspecified atom stereocenters. The minimum atomic E-state index is -3.20. The van der Waals surface area contributed by atoms with E-state index in [2.05, 4.69) is 0 Å². The highest BCUT2D eigenvalue weighted by Crippen LogP contribution is 2.15. The molecule has 0 aromatic heterocycles. The molecule has 0 saturated carbocycles. The van der Waals surface area contributed by atoms with Gasteiger partial charge in [-0.1, -0.05) is 13.8 Å². The Bertz CT molecular complexity index is 413. The van der Waals surface area contributed by atoms with Crippen LogP contribution < -0.4 is 5.73 Å². The van der Waals surface area contributed by atoms with Crippen LogP contribution in [0.15, 0.2) is 0 Å². The zero-order chi connectivity index (χ0) is 14.1. The molecule has 1 aliphatic heterocycles. The van der Waals surface area contributed by atoms with E-state index in [9.17, 15) is 13.2 Å². The van der Waals surface area contributed by atoms with E-state index in [-0.39, 0.29) is 30.3 Å². The van der Waals surface area contributed by atoms with Crippen LogP contribution in [0.2, 0.25) is 0 Å². The molecule has 1 amide bonds. The smallest absolute Gasteiger partial charge is 0.239 e. The first-order valence-corrected chi connectivity index (χ1v) is 8.00. The van der Waals surface area contributed by atoms with Crippen molar-refractivity contribution in [2.45, 2.75) is 32.9 Å². The molecule has 0 aliphatic carbocycles. The Balaban J connectivity index is 0.00000324. The Morgan fingerprint density at radius 1 is 1.32 bits per heavy atom. The predicted octanol–water partition coefficient (Wildman–Crippen LogP) is -0.116. The van der Waals surface area contributed by atoms with E-state index in [0.717, 1.165) is 0 Å². The summed E-state index contributed by atoms with van der Waals surface area (Å²) >= 11 is 0. The van der Waals surface area contributed by atoms with Gasteiger partial charge in [0.2, 0.25) is 15.9 Å². The van der Waals surface area contributed by atoms with Crippen LogP contribution in [-0.2, 0) is 14.8 Å². The van der Waals surface area contributed by atoms with Gasteiger partial charge in [0.05, 0.1) is 12.3 Å². The first-order chi connectivity index (χ1) is 8.14. The Kier molecular flexibility index (Phi) is 6.74. The number of hydrogen-bond donors (Lipinski definition) is 1. The number of halogens is 1. The fourth-order valence-corrected chi connectivity index (χ4v) is 3.26. The van der Waals surface area contributed by atoms with E-state index < -0.39 is 16.1 Å². The van der Waals surface area contributed by atoms with Crippen LogP contribution in [0.25, 0.3) is 0 Å². The van der Waals surface area contributed by atoms with Gasteiger partial charge in [-0.25, -0.2) is 8.42 Å². The molecular weight excluding hydrogens is 290 g/mol. The molecule has 2 atom stereocenters. The maximum atomic E-state index is 12.1. The second kappa shape index (κ2) is 6.88. The molecule has 0 spiro atoms. The van der Waals surface area contributed by atoms with E-state index in [0.29, 0.717) is 19.6 Å². The second-order valence-electron chi connectivity index (χ2n) is 5.28. The average molecular weight is 314 g/mol. The van der Waals surface area contributed by atoms with Crippen LogP contribution in [0.1, 0.15) is 20.8 Å². The van der Waals surface area contributed by atoms with Crippen molar-refractivity contribution in [3.63, 3.8) is 0 Å². The molecule has 1 fully saturated rings. The van der Waals surface area contributed by atoms with Crippen LogP contribution in [0, 0.1) is 5.92 Å². The lowest BCUT2D eigenvalue weighted by atomic mass is 10.0. The normalized spacial score (nSPS) is 23.1. The largest absolute Gasteiger partial charge is 0.338 e. The van der Waals surface area contributed by atoms with E-state index in [1.54, 1.807) is 11.8 Å². The van der Waals surface area contributed by atoms with Crippen LogP contribution in [0.4, 0.5) is 0 Å². The number of carbonyl (C=O) groups excluding carboxylic acids is 1. The topological polar surface area (TPSA) is 83.7 Å². The van der Waals surface area contributed by atoms with Crippen LogP contribution in [-0.4, -0.2) is 61.5 Å². The number of sulfonamides is 1. The summed E-state index contributed by atoms with van der Waals surface area (Å²) < 4.78 is 24.5.